The van der Waals surface area contributed by atoms with Crippen molar-refractivity contribution in [3.8, 4) is 22.3 Å². The molecule has 0 aromatic heterocycles. The van der Waals surface area contributed by atoms with Crippen molar-refractivity contribution in [3.63, 3.8) is 0 Å². The van der Waals surface area contributed by atoms with E-state index >= 15 is 0 Å². The fourth-order valence-electron chi connectivity index (χ4n) is 8.06. The third-order valence-corrected chi connectivity index (χ3v) is 9.79. The maximum Gasteiger partial charge on any atom is 0.0415 e. The number of aryl methyl sites for hydroxylation is 2. The third kappa shape index (κ3) is 3.90. The van der Waals surface area contributed by atoms with Crippen LogP contribution in [0.25, 0.3) is 28.3 Å². The Labute approximate surface area is 255 Å². The van der Waals surface area contributed by atoms with Crippen molar-refractivity contribution in [1.82, 2.24) is 0 Å². The number of hydrogen-bond acceptors (Lipinski definition) is 0. The largest absolute Gasteiger partial charge is 0.0751 e. The summed E-state index contributed by atoms with van der Waals surface area (Å²) < 4.78 is 0. The van der Waals surface area contributed by atoms with E-state index in [0.717, 1.165) is 0 Å². The molecule has 206 valence electrons. The van der Waals surface area contributed by atoms with Gasteiger partial charge in [-0.3, -0.25) is 0 Å². The minimum absolute atomic E-state index is 0.126. The molecule has 0 nitrogen and oxygen atoms in total. The van der Waals surface area contributed by atoms with Crippen LogP contribution in [0.1, 0.15) is 56.3 Å². The van der Waals surface area contributed by atoms with Gasteiger partial charge in [0.1, 0.15) is 0 Å². The summed E-state index contributed by atoms with van der Waals surface area (Å²) >= 11 is 0. The van der Waals surface area contributed by atoms with Gasteiger partial charge in [-0.1, -0.05) is 169 Å². The zero-order valence-electron chi connectivity index (χ0n) is 24.7. The molecule has 0 saturated carbocycles. The highest BCUT2D eigenvalue weighted by molar-refractivity contribution is 5.84. The minimum atomic E-state index is -0.388. The van der Waals surface area contributed by atoms with Crippen LogP contribution in [0.4, 0.5) is 0 Å². The van der Waals surface area contributed by atoms with E-state index in [1.54, 1.807) is 0 Å². The molecule has 1 unspecified atom stereocenters. The van der Waals surface area contributed by atoms with Crippen molar-refractivity contribution in [2.45, 2.75) is 31.1 Å². The molecule has 0 bridgehead atoms. The monoisotopic (exact) mass is 550 g/mol. The number of benzene rings is 6. The lowest BCUT2D eigenvalue weighted by molar-refractivity contribution is 0.416. The average molecular weight is 551 g/mol. The maximum absolute atomic E-state index is 2.50. The number of hydrogen-bond donors (Lipinski definition) is 0. The summed E-state index contributed by atoms with van der Waals surface area (Å²) in [7, 11) is 0. The zero-order valence-corrected chi connectivity index (χ0v) is 24.7. The van der Waals surface area contributed by atoms with Crippen molar-refractivity contribution in [2.75, 3.05) is 0 Å². The molecule has 0 spiro atoms. The molecule has 2 aliphatic carbocycles. The Morgan fingerprint density at radius 2 is 1.00 bits per heavy atom. The Bertz CT molecular complexity index is 1890. The summed E-state index contributed by atoms with van der Waals surface area (Å²) in [4.78, 5) is 0. The quantitative estimate of drug-likeness (QED) is 0.200. The summed E-state index contributed by atoms with van der Waals surface area (Å²) in [5.74, 6) is 0.254. The van der Waals surface area contributed by atoms with E-state index < -0.39 is 0 Å². The van der Waals surface area contributed by atoms with E-state index in [1.165, 1.54) is 66.8 Å². The minimum Gasteiger partial charge on any atom is -0.0751 e. The van der Waals surface area contributed by atoms with Gasteiger partial charge >= 0.3 is 0 Å². The molecule has 0 fully saturated rings. The molecule has 0 amide bonds. The Balaban J connectivity index is 1.49. The highest BCUT2D eigenvalue weighted by atomic mass is 14.5. The standard InChI is InChI=1S/C43H34/c1-29-21-23-36-37-24-22-30(2)28-40(37)42(39(36)27-29)43(32-15-8-4-9-16-32,33-17-10-5-11-18-33)41-26-25-35-34(19-12-20-38(35)41)31-13-6-3-7-14-31/h3-28,41-42H,1-2H3. The molecule has 0 heterocycles. The van der Waals surface area contributed by atoms with E-state index in [0.29, 0.717) is 0 Å². The lowest BCUT2D eigenvalue weighted by atomic mass is 9.55. The second-order valence-electron chi connectivity index (χ2n) is 12.2. The van der Waals surface area contributed by atoms with Gasteiger partial charge in [0, 0.05) is 17.3 Å². The lowest BCUT2D eigenvalue weighted by Crippen LogP contribution is -2.40. The smallest absolute Gasteiger partial charge is 0.0415 e. The van der Waals surface area contributed by atoms with Crippen molar-refractivity contribution >= 4 is 6.08 Å². The average Bonchev–Trinajstić information content (AvgIpc) is 3.63. The third-order valence-electron chi connectivity index (χ3n) is 9.79. The fraction of sp³-hybridized carbons (Fsp3) is 0.116. The first kappa shape index (κ1) is 25.7. The van der Waals surface area contributed by atoms with Gasteiger partial charge in [-0.2, -0.15) is 0 Å². The number of rotatable bonds is 5. The molecule has 0 heteroatoms. The predicted molar refractivity (Wildman–Crippen MR) is 181 cm³/mol. The van der Waals surface area contributed by atoms with Gasteiger partial charge in [0.2, 0.25) is 0 Å². The Morgan fingerprint density at radius 3 is 1.56 bits per heavy atom. The molecule has 0 saturated heterocycles. The van der Waals surface area contributed by atoms with E-state index in [4.69, 9.17) is 0 Å². The van der Waals surface area contributed by atoms with Gasteiger partial charge in [-0.15, -0.1) is 0 Å². The molecule has 1 atom stereocenters. The SMILES string of the molecule is Cc1ccc2c(c1)C(C(c1ccccc1)(c1ccccc1)C1C=Cc3c(-c4ccccc4)cccc31)c1cc(C)ccc1-2. The number of allylic oxidation sites excluding steroid dienone is 1. The Hall–Kier alpha value is -4.94. The van der Waals surface area contributed by atoms with Crippen LogP contribution in [0.15, 0.2) is 152 Å². The van der Waals surface area contributed by atoms with Gasteiger partial charge < -0.3 is 0 Å². The van der Waals surface area contributed by atoms with Crippen molar-refractivity contribution in [2.24, 2.45) is 0 Å². The molecule has 2 aliphatic rings. The van der Waals surface area contributed by atoms with E-state index in [2.05, 4.69) is 172 Å². The molecular formula is C43H34. The molecule has 6 aromatic carbocycles. The molecular weight excluding hydrogens is 516 g/mol. The van der Waals surface area contributed by atoms with Crippen LogP contribution < -0.4 is 0 Å². The molecule has 0 N–H and O–H groups in total. The van der Waals surface area contributed by atoms with E-state index in [1.807, 2.05) is 0 Å². The second-order valence-corrected chi connectivity index (χ2v) is 12.2. The first-order valence-electron chi connectivity index (χ1n) is 15.4. The van der Waals surface area contributed by atoms with Crippen LogP contribution >= 0.6 is 0 Å². The van der Waals surface area contributed by atoms with Crippen LogP contribution in [-0.2, 0) is 5.41 Å². The van der Waals surface area contributed by atoms with E-state index in [9.17, 15) is 0 Å². The van der Waals surface area contributed by atoms with Crippen LogP contribution in [-0.4, -0.2) is 0 Å². The Kier molecular flexibility index (Phi) is 6.05. The van der Waals surface area contributed by atoms with E-state index in [-0.39, 0.29) is 17.3 Å². The number of fused-ring (bicyclic) bond motifs is 4. The summed E-state index contributed by atoms with van der Waals surface area (Å²) in [5.41, 5.74) is 15.8. The van der Waals surface area contributed by atoms with Gasteiger partial charge in [0.05, 0.1) is 0 Å². The lowest BCUT2D eigenvalue weighted by Gasteiger charge is -2.46. The zero-order chi connectivity index (χ0) is 29.0. The van der Waals surface area contributed by atoms with Gasteiger partial charge in [-0.25, -0.2) is 0 Å². The van der Waals surface area contributed by atoms with Gasteiger partial charge in [-0.05, 0) is 69.5 Å². The first-order valence-corrected chi connectivity index (χ1v) is 15.4. The topological polar surface area (TPSA) is 0 Å². The maximum atomic E-state index is 2.50. The van der Waals surface area contributed by atoms with Crippen molar-refractivity contribution in [3.05, 3.63) is 196 Å². The van der Waals surface area contributed by atoms with Crippen LogP contribution in [0.2, 0.25) is 0 Å². The first-order chi connectivity index (χ1) is 21.2. The highest BCUT2D eigenvalue weighted by Gasteiger charge is 2.53. The molecule has 0 radical (unpaired) electrons. The predicted octanol–water partition coefficient (Wildman–Crippen LogP) is 10.9. The van der Waals surface area contributed by atoms with Gasteiger partial charge in [0.15, 0.2) is 0 Å². The molecule has 43 heavy (non-hydrogen) atoms. The normalized spacial score (nSPS) is 15.3. The summed E-state index contributed by atoms with van der Waals surface area (Å²) in [6.45, 7) is 4.46. The second kappa shape index (κ2) is 10.1. The summed E-state index contributed by atoms with van der Waals surface area (Å²) in [6.07, 6.45) is 4.90. The Morgan fingerprint density at radius 1 is 0.465 bits per heavy atom. The van der Waals surface area contributed by atoms with Gasteiger partial charge in [0.25, 0.3) is 0 Å². The fourth-order valence-corrected chi connectivity index (χ4v) is 8.06. The molecule has 8 rings (SSSR count). The molecule has 6 aromatic rings. The highest BCUT2D eigenvalue weighted by Crippen LogP contribution is 2.63. The van der Waals surface area contributed by atoms with Crippen LogP contribution in [0.5, 0.6) is 0 Å². The summed E-state index contributed by atoms with van der Waals surface area (Å²) in [6, 6.07) is 54.5. The van der Waals surface area contributed by atoms with Crippen molar-refractivity contribution in [1.29, 1.82) is 0 Å². The summed E-state index contributed by atoms with van der Waals surface area (Å²) in [5, 5.41) is 0. The van der Waals surface area contributed by atoms with Crippen LogP contribution in [0, 0.1) is 13.8 Å². The van der Waals surface area contributed by atoms with Crippen molar-refractivity contribution < 1.29 is 0 Å². The molecule has 0 aliphatic heterocycles. The van der Waals surface area contributed by atoms with Crippen LogP contribution in [0.3, 0.4) is 0 Å².